The van der Waals surface area contributed by atoms with Crippen molar-refractivity contribution in [2.75, 3.05) is 0 Å². The van der Waals surface area contributed by atoms with Crippen molar-refractivity contribution in [1.82, 2.24) is 0 Å². The Labute approximate surface area is 216 Å². The normalized spacial score (nSPS) is 10.8. The zero-order valence-corrected chi connectivity index (χ0v) is 22.7. The van der Waals surface area contributed by atoms with Gasteiger partial charge >= 0.3 is 59.1 Å². The van der Waals surface area contributed by atoms with E-state index < -0.39 is 11.9 Å². The number of hydrogen-bond acceptors (Lipinski definition) is 4. The van der Waals surface area contributed by atoms with Gasteiger partial charge in [-0.05, 0) is 24.5 Å². The van der Waals surface area contributed by atoms with Crippen LogP contribution in [0, 0.1) is 0 Å². The molecule has 0 unspecified atom stereocenters. The summed E-state index contributed by atoms with van der Waals surface area (Å²) in [5.74, 6) is -2.88. The Hall–Kier alpha value is 0.680. The molecule has 0 saturated carbocycles. The number of carbonyl (C=O) groups excluding carboxylic acids is 2. The number of aliphatic carboxylic acids is 2. The summed E-state index contributed by atoms with van der Waals surface area (Å²) in [5.41, 5.74) is -0.171. The minimum absolute atomic E-state index is 0. The molecular weight excluding hydrogens is 374 g/mol. The van der Waals surface area contributed by atoms with Crippen molar-refractivity contribution in [3.63, 3.8) is 0 Å². The maximum Gasteiger partial charge on any atom is 1.00 e. The maximum absolute atomic E-state index is 10.8. The van der Waals surface area contributed by atoms with Crippen LogP contribution in [0.1, 0.15) is 116 Å². The van der Waals surface area contributed by atoms with Gasteiger partial charge in [0.2, 0.25) is 0 Å². The van der Waals surface area contributed by atoms with Gasteiger partial charge in [0, 0.05) is 0 Å². The summed E-state index contributed by atoms with van der Waals surface area (Å²) in [6.07, 6.45) is 21.0. The molecule has 152 valence electrons. The van der Waals surface area contributed by atoms with E-state index in [9.17, 15) is 19.8 Å². The van der Waals surface area contributed by atoms with Gasteiger partial charge in [-0.1, -0.05) is 103 Å². The Kier molecular flexibility index (Phi) is 30.6. The molecule has 0 aliphatic carbocycles. The Morgan fingerprint density at radius 3 is 1.21 bits per heavy atom. The van der Waals surface area contributed by atoms with Gasteiger partial charge in [0.1, 0.15) is 0 Å². The van der Waals surface area contributed by atoms with E-state index in [0.717, 1.165) is 12.8 Å². The zero-order chi connectivity index (χ0) is 19.5. The SMILES string of the molecule is CCCCCCCCCCCCCCCCCCC(=CC(=O)[O-])C(=O)[O-].[Na+].[Na+]. The first kappa shape index (κ1) is 33.3. The fraction of sp³-hybridized carbons (Fsp3) is 0.818. The molecule has 0 amide bonds. The van der Waals surface area contributed by atoms with Crippen LogP contribution >= 0.6 is 0 Å². The molecule has 0 atom stereocenters. The Bertz CT molecular complexity index is 398. The first-order chi connectivity index (χ1) is 12.6. The Morgan fingerprint density at radius 1 is 0.607 bits per heavy atom. The minimum Gasteiger partial charge on any atom is -0.545 e. The second-order valence-corrected chi connectivity index (χ2v) is 7.33. The summed E-state index contributed by atoms with van der Waals surface area (Å²) in [7, 11) is 0. The quantitative estimate of drug-likeness (QED) is 0.141. The van der Waals surface area contributed by atoms with Crippen LogP contribution in [-0.4, -0.2) is 11.9 Å². The minimum atomic E-state index is -1.47. The van der Waals surface area contributed by atoms with Gasteiger partial charge in [0.25, 0.3) is 0 Å². The van der Waals surface area contributed by atoms with Gasteiger partial charge < -0.3 is 19.8 Å². The van der Waals surface area contributed by atoms with Crippen LogP contribution in [0.4, 0.5) is 0 Å². The van der Waals surface area contributed by atoms with Crippen molar-refractivity contribution in [3.8, 4) is 0 Å². The van der Waals surface area contributed by atoms with Crippen molar-refractivity contribution in [1.29, 1.82) is 0 Å². The van der Waals surface area contributed by atoms with Crippen LogP contribution in [0.15, 0.2) is 11.6 Å². The first-order valence-corrected chi connectivity index (χ1v) is 10.7. The van der Waals surface area contributed by atoms with E-state index >= 15 is 0 Å². The van der Waals surface area contributed by atoms with Gasteiger partial charge in [-0.15, -0.1) is 0 Å². The van der Waals surface area contributed by atoms with Crippen LogP contribution in [0.2, 0.25) is 0 Å². The van der Waals surface area contributed by atoms with E-state index in [4.69, 9.17) is 0 Å². The molecule has 0 fully saturated rings. The molecule has 0 aromatic carbocycles. The molecule has 0 bridgehead atoms. The number of carboxylic acids is 2. The van der Waals surface area contributed by atoms with Gasteiger partial charge in [-0.25, -0.2) is 0 Å². The van der Waals surface area contributed by atoms with Crippen LogP contribution in [0.25, 0.3) is 0 Å². The van der Waals surface area contributed by atoms with E-state index in [0.29, 0.717) is 12.5 Å². The third kappa shape index (κ3) is 24.7. The van der Waals surface area contributed by atoms with Crippen molar-refractivity contribution in [2.24, 2.45) is 0 Å². The Morgan fingerprint density at radius 2 is 0.929 bits per heavy atom. The molecule has 0 N–H and O–H groups in total. The van der Waals surface area contributed by atoms with Gasteiger partial charge in [0.15, 0.2) is 0 Å². The second kappa shape index (κ2) is 25.7. The zero-order valence-electron chi connectivity index (χ0n) is 18.7. The third-order valence-electron chi connectivity index (χ3n) is 4.85. The largest absolute Gasteiger partial charge is 1.00 e. The third-order valence-corrected chi connectivity index (χ3v) is 4.85. The van der Waals surface area contributed by atoms with Crippen LogP contribution in [0.3, 0.4) is 0 Å². The number of rotatable bonds is 19. The molecule has 0 aromatic heterocycles. The Balaban J connectivity index is -0.00000312. The molecule has 0 aliphatic heterocycles. The smallest absolute Gasteiger partial charge is 0.545 e. The molecule has 4 nitrogen and oxygen atoms in total. The summed E-state index contributed by atoms with van der Waals surface area (Å²) >= 11 is 0. The van der Waals surface area contributed by atoms with Crippen LogP contribution < -0.4 is 69.3 Å². The topological polar surface area (TPSA) is 80.3 Å². The second-order valence-electron chi connectivity index (χ2n) is 7.33. The van der Waals surface area contributed by atoms with Crippen molar-refractivity contribution in [2.45, 2.75) is 116 Å². The van der Waals surface area contributed by atoms with E-state index in [1.165, 1.54) is 83.5 Å². The van der Waals surface area contributed by atoms with Gasteiger partial charge in [0.05, 0.1) is 11.9 Å². The summed E-state index contributed by atoms with van der Waals surface area (Å²) in [6, 6.07) is 0. The summed E-state index contributed by atoms with van der Waals surface area (Å²) in [5, 5.41) is 21.2. The number of hydrogen-bond donors (Lipinski definition) is 0. The summed E-state index contributed by atoms with van der Waals surface area (Å²) in [4.78, 5) is 21.2. The fourth-order valence-electron chi connectivity index (χ4n) is 3.24. The summed E-state index contributed by atoms with van der Waals surface area (Å²) < 4.78 is 0. The molecule has 0 radical (unpaired) electrons. The molecule has 6 heteroatoms. The van der Waals surface area contributed by atoms with Crippen molar-refractivity contribution >= 4 is 11.9 Å². The number of unbranched alkanes of at least 4 members (excludes halogenated alkanes) is 15. The molecule has 0 heterocycles. The molecule has 28 heavy (non-hydrogen) atoms. The van der Waals surface area contributed by atoms with Crippen molar-refractivity contribution < 1.29 is 78.9 Å². The molecule has 0 rings (SSSR count). The average Bonchev–Trinajstić information content (AvgIpc) is 2.59. The number of carbonyl (C=O) groups is 2. The van der Waals surface area contributed by atoms with Gasteiger partial charge in [-0.3, -0.25) is 0 Å². The summed E-state index contributed by atoms with van der Waals surface area (Å²) in [6.45, 7) is 2.25. The monoisotopic (exact) mass is 412 g/mol. The molecular formula is C22H38Na2O4. The molecule has 0 spiro atoms. The predicted molar refractivity (Wildman–Crippen MR) is 102 cm³/mol. The standard InChI is InChI=1S/C22H40O4.2Na/c1-2-3-4-5-6-7-8-9-10-11-12-13-14-15-16-17-18-20(22(25)26)19-21(23)24;;/h19H,2-18H2,1H3,(H,23,24)(H,25,26);;/q;2*+1/p-2. The molecule has 0 saturated heterocycles. The van der Waals surface area contributed by atoms with Gasteiger partial charge in [-0.2, -0.15) is 0 Å². The average molecular weight is 413 g/mol. The van der Waals surface area contributed by atoms with E-state index in [-0.39, 0.29) is 71.1 Å². The number of carboxylic acid groups (broad SMARTS) is 2. The van der Waals surface area contributed by atoms with Crippen LogP contribution in [-0.2, 0) is 9.59 Å². The maximum atomic E-state index is 10.8. The van der Waals surface area contributed by atoms with E-state index in [1.54, 1.807) is 0 Å². The predicted octanol–water partition coefficient (Wildman–Crippen LogP) is -1.93. The fourth-order valence-corrected chi connectivity index (χ4v) is 3.24. The van der Waals surface area contributed by atoms with E-state index in [1.807, 2.05) is 0 Å². The van der Waals surface area contributed by atoms with Crippen LogP contribution in [0.5, 0.6) is 0 Å². The first-order valence-electron chi connectivity index (χ1n) is 10.7. The molecule has 0 aliphatic rings. The van der Waals surface area contributed by atoms with E-state index in [2.05, 4.69) is 6.92 Å². The van der Waals surface area contributed by atoms with Crippen molar-refractivity contribution in [3.05, 3.63) is 11.6 Å². The molecule has 0 aromatic rings.